The van der Waals surface area contributed by atoms with E-state index in [1.807, 2.05) is 0 Å². The van der Waals surface area contributed by atoms with Gasteiger partial charge in [-0.15, -0.1) is 0 Å². The molecular weight excluding hydrogens is 413 g/mol. The Morgan fingerprint density at radius 1 is 0.842 bits per heavy atom. The summed E-state index contributed by atoms with van der Waals surface area (Å²) < 4.78 is 2.39. The zero-order chi connectivity index (χ0) is 13.8. The van der Waals surface area contributed by atoms with Crippen LogP contribution in [0, 0.1) is 3.57 Å². The Morgan fingerprint density at radius 2 is 1.26 bits per heavy atom. The lowest BCUT2D eigenvalue weighted by Crippen LogP contribution is -2.22. The van der Waals surface area contributed by atoms with Crippen LogP contribution < -0.4 is 5.32 Å². The summed E-state index contributed by atoms with van der Waals surface area (Å²) in [5, 5.41) is 3.63. The lowest BCUT2D eigenvalue weighted by Gasteiger charge is -2.21. The molecule has 0 aliphatic heterocycles. The van der Waals surface area contributed by atoms with Crippen molar-refractivity contribution < 1.29 is 0 Å². The summed E-state index contributed by atoms with van der Waals surface area (Å²) in [6.07, 6.45) is 0. The maximum absolute atomic E-state index is 3.63. The van der Waals surface area contributed by atoms with Crippen molar-refractivity contribution in [3.8, 4) is 0 Å². The monoisotopic (exact) mass is 429 g/mol. The van der Waals surface area contributed by atoms with E-state index in [4.69, 9.17) is 0 Å². The van der Waals surface area contributed by atoms with Crippen molar-refractivity contribution in [2.45, 2.75) is 25.9 Å². The van der Waals surface area contributed by atoms with Crippen molar-refractivity contribution in [3.05, 3.63) is 67.7 Å². The highest BCUT2D eigenvalue weighted by atomic mass is 127. The number of hydrogen-bond donors (Lipinski definition) is 1. The van der Waals surface area contributed by atoms with Gasteiger partial charge in [0, 0.05) is 20.1 Å². The zero-order valence-corrected chi connectivity index (χ0v) is 14.8. The Morgan fingerprint density at radius 3 is 1.74 bits per heavy atom. The summed E-state index contributed by atoms with van der Waals surface area (Å²) in [4.78, 5) is 0. The Hall–Kier alpha value is -0.390. The third kappa shape index (κ3) is 4.29. The van der Waals surface area contributed by atoms with E-state index < -0.39 is 0 Å². The Bertz CT molecular complexity index is 472. The first-order valence-electron chi connectivity index (χ1n) is 6.33. The topological polar surface area (TPSA) is 12.0 Å². The number of benzene rings is 2. The van der Waals surface area contributed by atoms with Crippen LogP contribution in [0.3, 0.4) is 0 Å². The Balaban J connectivity index is 2.03. The van der Waals surface area contributed by atoms with Gasteiger partial charge in [-0.05, 0) is 71.8 Å². The number of rotatable bonds is 4. The van der Waals surface area contributed by atoms with Crippen LogP contribution >= 0.6 is 38.5 Å². The Kier molecular flexibility index (Phi) is 5.42. The molecule has 100 valence electrons. The molecule has 0 aromatic heterocycles. The van der Waals surface area contributed by atoms with Crippen molar-refractivity contribution in [3.63, 3.8) is 0 Å². The SMILES string of the molecule is CC(N[C@@H](C)c1ccc(Br)cc1)c1ccc(I)cc1. The molecule has 1 unspecified atom stereocenters. The van der Waals surface area contributed by atoms with Gasteiger partial charge in [-0.2, -0.15) is 0 Å². The molecule has 1 nitrogen and oxygen atoms in total. The minimum atomic E-state index is 0.336. The second kappa shape index (κ2) is 6.86. The molecule has 0 saturated heterocycles. The molecule has 0 fully saturated rings. The maximum Gasteiger partial charge on any atom is 0.0297 e. The molecule has 2 atom stereocenters. The van der Waals surface area contributed by atoms with Gasteiger partial charge in [0.1, 0.15) is 0 Å². The van der Waals surface area contributed by atoms with Gasteiger partial charge < -0.3 is 5.32 Å². The molecule has 0 saturated carbocycles. The van der Waals surface area contributed by atoms with Crippen LogP contribution in [0.15, 0.2) is 53.0 Å². The fourth-order valence-corrected chi connectivity index (χ4v) is 2.69. The van der Waals surface area contributed by atoms with E-state index >= 15 is 0 Å². The molecule has 2 aromatic rings. The third-order valence-corrected chi connectivity index (χ3v) is 4.49. The predicted octanol–water partition coefficient (Wildman–Crippen LogP) is 5.47. The minimum absolute atomic E-state index is 0.336. The van der Waals surface area contributed by atoms with E-state index in [1.54, 1.807) is 0 Å². The van der Waals surface area contributed by atoms with E-state index in [0.29, 0.717) is 12.1 Å². The first-order chi connectivity index (χ1) is 9.06. The van der Waals surface area contributed by atoms with Crippen LogP contribution in [0.2, 0.25) is 0 Å². The molecule has 0 radical (unpaired) electrons. The fourth-order valence-electron chi connectivity index (χ4n) is 2.07. The van der Waals surface area contributed by atoms with Gasteiger partial charge in [0.25, 0.3) is 0 Å². The highest BCUT2D eigenvalue weighted by molar-refractivity contribution is 14.1. The van der Waals surface area contributed by atoms with Crippen LogP contribution in [0.1, 0.15) is 37.1 Å². The number of halogens is 2. The van der Waals surface area contributed by atoms with Crippen molar-refractivity contribution in [2.75, 3.05) is 0 Å². The quantitative estimate of drug-likeness (QED) is 0.635. The molecule has 0 aliphatic carbocycles. The minimum Gasteiger partial charge on any atom is -0.304 e. The summed E-state index contributed by atoms with van der Waals surface area (Å²) in [5.74, 6) is 0. The smallest absolute Gasteiger partial charge is 0.0297 e. The van der Waals surface area contributed by atoms with Gasteiger partial charge in [0.05, 0.1) is 0 Å². The third-order valence-electron chi connectivity index (χ3n) is 3.24. The predicted molar refractivity (Wildman–Crippen MR) is 93.3 cm³/mol. The molecule has 1 N–H and O–H groups in total. The van der Waals surface area contributed by atoms with Crippen LogP contribution in [0.5, 0.6) is 0 Å². The normalized spacial score (nSPS) is 14.1. The van der Waals surface area contributed by atoms with Crippen LogP contribution in [-0.4, -0.2) is 0 Å². The van der Waals surface area contributed by atoms with Crippen molar-refractivity contribution in [1.29, 1.82) is 0 Å². The van der Waals surface area contributed by atoms with Gasteiger partial charge in [0.15, 0.2) is 0 Å². The standard InChI is InChI=1S/C16H17BrIN/c1-11(13-3-7-15(17)8-4-13)19-12(2)14-5-9-16(18)10-6-14/h3-12,19H,1-2H3/t11-,12?/m0/s1. The van der Waals surface area contributed by atoms with Crippen molar-refractivity contribution in [2.24, 2.45) is 0 Å². The molecule has 19 heavy (non-hydrogen) atoms. The van der Waals surface area contributed by atoms with E-state index in [2.05, 4.69) is 106 Å². The fraction of sp³-hybridized carbons (Fsp3) is 0.250. The number of nitrogens with one attached hydrogen (secondary N) is 1. The molecule has 3 heteroatoms. The maximum atomic E-state index is 3.63. The molecule has 0 heterocycles. The van der Waals surface area contributed by atoms with E-state index in [-0.39, 0.29) is 0 Å². The van der Waals surface area contributed by atoms with Gasteiger partial charge >= 0.3 is 0 Å². The Labute approximate surface area is 137 Å². The van der Waals surface area contributed by atoms with Crippen molar-refractivity contribution >= 4 is 38.5 Å². The zero-order valence-electron chi connectivity index (χ0n) is 11.0. The second-order valence-electron chi connectivity index (χ2n) is 4.71. The second-order valence-corrected chi connectivity index (χ2v) is 6.87. The summed E-state index contributed by atoms with van der Waals surface area (Å²) in [5.41, 5.74) is 2.63. The van der Waals surface area contributed by atoms with Crippen LogP contribution in [-0.2, 0) is 0 Å². The summed E-state index contributed by atoms with van der Waals surface area (Å²) in [6.45, 7) is 4.41. The molecule has 0 aliphatic rings. The van der Waals surface area contributed by atoms with Gasteiger partial charge in [-0.3, -0.25) is 0 Å². The van der Waals surface area contributed by atoms with Gasteiger partial charge in [-0.1, -0.05) is 40.2 Å². The lowest BCUT2D eigenvalue weighted by atomic mass is 10.0. The lowest BCUT2D eigenvalue weighted by molar-refractivity contribution is 0.494. The molecule has 2 rings (SSSR count). The molecule has 0 amide bonds. The highest BCUT2D eigenvalue weighted by Crippen LogP contribution is 2.21. The van der Waals surface area contributed by atoms with Gasteiger partial charge in [0.2, 0.25) is 0 Å². The van der Waals surface area contributed by atoms with Gasteiger partial charge in [-0.25, -0.2) is 0 Å². The van der Waals surface area contributed by atoms with Crippen LogP contribution in [0.25, 0.3) is 0 Å². The van der Waals surface area contributed by atoms with E-state index in [1.165, 1.54) is 14.7 Å². The molecule has 2 aromatic carbocycles. The molecule has 0 bridgehead atoms. The van der Waals surface area contributed by atoms with Crippen molar-refractivity contribution in [1.82, 2.24) is 5.32 Å². The van der Waals surface area contributed by atoms with E-state index in [9.17, 15) is 0 Å². The van der Waals surface area contributed by atoms with Crippen LogP contribution in [0.4, 0.5) is 0 Å². The summed E-state index contributed by atoms with van der Waals surface area (Å²) >= 11 is 5.80. The first-order valence-corrected chi connectivity index (χ1v) is 8.20. The highest BCUT2D eigenvalue weighted by Gasteiger charge is 2.10. The average Bonchev–Trinajstić information content (AvgIpc) is 2.40. The number of hydrogen-bond acceptors (Lipinski definition) is 1. The summed E-state index contributed by atoms with van der Waals surface area (Å²) in [6, 6.07) is 17.8. The largest absolute Gasteiger partial charge is 0.304 e. The molecule has 0 spiro atoms. The summed E-state index contributed by atoms with van der Waals surface area (Å²) in [7, 11) is 0. The van der Waals surface area contributed by atoms with E-state index in [0.717, 1.165) is 4.47 Å². The first kappa shape index (κ1) is 15.0. The average molecular weight is 430 g/mol. The molecular formula is C16H17BrIN.